The normalized spacial score (nSPS) is 26.1. The third-order valence-electron chi connectivity index (χ3n) is 2.82. The summed E-state index contributed by atoms with van der Waals surface area (Å²) in [6.07, 6.45) is 2.06. The first-order valence-corrected chi connectivity index (χ1v) is 5.58. The maximum absolute atomic E-state index is 13.5. The Labute approximate surface area is 86.3 Å². The van der Waals surface area contributed by atoms with E-state index >= 15 is 0 Å². The van der Waals surface area contributed by atoms with Crippen LogP contribution in [0.25, 0.3) is 0 Å². The van der Waals surface area contributed by atoms with Crippen molar-refractivity contribution < 1.29 is 4.39 Å². The number of benzene rings is 1. The Balaban J connectivity index is 2.52. The zero-order valence-electron chi connectivity index (χ0n) is 7.56. The highest BCUT2D eigenvalue weighted by molar-refractivity contribution is 9.09. The summed E-state index contributed by atoms with van der Waals surface area (Å²) in [4.78, 5) is 0.350. The van der Waals surface area contributed by atoms with Crippen molar-refractivity contribution in [3.63, 3.8) is 0 Å². The fourth-order valence-corrected chi connectivity index (χ4v) is 2.97. The zero-order valence-corrected chi connectivity index (χ0v) is 9.14. The summed E-state index contributed by atoms with van der Waals surface area (Å²) < 4.78 is 13.5. The molecule has 0 fully saturated rings. The molecule has 1 aliphatic rings. The van der Waals surface area contributed by atoms with E-state index < -0.39 is 0 Å². The van der Waals surface area contributed by atoms with Gasteiger partial charge in [-0.25, -0.2) is 4.39 Å². The van der Waals surface area contributed by atoms with Crippen LogP contribution in [-0.4, -0.2) is 0 Å². The Morgan fingerprint density at radius 2 is 2.31 bits per heavy atom. The average Bonchev–Trinajstić information content (AvgIpc) is 2.45. The van der Waals surface area contributed by atoms with E-state index in [2.05, 4.69) is 22.9 Å². The lowest BCUT2D eigenvalue weighted by Crippen LogP contribution is -1.94. The summed E-state index contributed by atoms with van der Waals surface area (Å²) in [6.45, 7) is 2.12. The topological polar surface area (TPSA) is 0 Å². The van der Waals surface area contributed by atoms with Gasteiger partial charge in [0, 0.05) is 4.83 Å². The molecule has 0 saturated heterocycles. The number of hydrogen-bond acceptors (Lipinski definition) is 0. The molecule has 0 saturated carbocycles. The number of hydrogen-bond donors (Lipinski definition) is 0. The Morgan fingerprint density at radius 3 is 3.00 bits per heavy atom. The van der Waals surface area contributed by atoms with Gasteiger partial charge < -0.3 is 0 Å². The zero-order chi connectivity index (χ0) is 9.42. The Hall–Kier alpha value is -0.370. The number of halogens is 2. The number of fused-ring (bicyclic) bond motifs is 1. The van der Waals surface area contributed by atoms with E-state index in [-0.39, 0.29) is 5.82 Å². The van der Waals surface area contributed by atoms with E-state index in [1.807, 2.05) is 6.07 Å². The SMILES string of the molecule is CCC1CC(Br)c2cccc(F)c21. The maximum Gasteiger partial charge on any atom is 0.126 e. The molecule has 1 aromatic carbocycles. The van der Waals surface area contributed by atoms with Crippen LogP contribution in [0.1, 0.15) is 41.6 Å². The van der Waals surface area contributed by atoms with Crippen molar-refractivity contribution in [2.75, 3.05) is 0 Å². The summed E-state index contributed by atoms with van der Waals surface area (Å²) in [5.41, 5.74) is 2.08. The summed E-state index contributed by atoms with van der Waals surface area (Å²) in [7, 11) is 0. The molecule has 0 aliphatic heterocycles. The van der Waals surface area contributed by atoms with Gasteiger partial charge in [0.2, 0.25) is 0 Å². The van der Waals surface area contributed by atoms with Crippen LogP contribution < -0.4 is 0 Å². The third kappa shape index (κ3) is 1.41. The van der Waals surface area contributed by atoms with Crippen molar-refractivity contribution in [3.8, 4) is 0 Å². The highest BCUT2D eigenvalue weighted by atomic mass is 79.9. The minimum Gasteiger partial charge on any atom is -0.207 e. The standard InChI is InChI=1S/C11H12BrF/c1-2-7-6-9(12)8-4-3-5-10(13)11(7)8/h3-5,7,9H,2,6H2,1H3. The minimum absolute atomic E-state index is 0.0358. The van der Waals surface area contributed by atoms with Gasteiger partial charge in [-0.3, -0.25) is 0 Å². The van der Waals surface area contributed by atoms with Crippen molar-refractivity contribution in [1.29, 1.82) is 0 Å². The van der Waals surface area contributed by atoms with Crippen molar-refractivity contribution in [3.05, 3.63) is 35.1 Å². The predicted octanol–water partition coefficient (Wildman–Crippen LogP) is 4.16. The second-order valence-electron chi connectivity index (χ2n) is 3.55. The molecule has 2 heteroatoms. The van der Waals surface area contributed by atoms with Crippen molar-refractivity contribution >= 4 is 15.9 Å². The molecule has 2 unspecified atom stereocenters. The highest BCUT2D eigenvalue weighted by Gasteiger charge is 2.30. The first-order chi connectivity index (χ1) is 6.24. The lowest BCUT2D eigenvalue weighted by molar-refractivity contribution is 0.573. The Kier molecular flexibility index (Phi) is 2.41. The van der Waals surface area contributed by atoms with E-state index in [1.54, 1.807) is 12.1 Å². The summed E-state index contributed by atoms with van der Waals surface area (Å²) in [6, 6.07) is 5.38. The van der Waals surface area contributed by atoms with Crippen molar-refractivity contribution in [2.45, 2.75) is 30.5 Å². The molecule has 0 aromatic heterocycles. The molecule has 0 bridgehead atoms. The average molecular weight is 243 g/mol. The van der Waals surface area contributed by atoms with Crippen LogP contribution in [0.15, 0.2) is 18.2 Å². The minimum atomic E-state index is -0.0358. The van der Waals surface area contributed by atoms with Gasteiger partial charge in [-0.15, -0.1) is 0 Å². The van der Waals surface area contributed by atoms with Gasteiger partial charge in [-0.05, 0) is 36.0 Å². The van der Waals surface area contributed by atoms with Gasteiger partial charge in [0.25, 0.3) is 0 Å². The van der Waals surface area contributed by atoms with Crippen LogP contribution >= 0.6 is 15.9 Å². The fourth-order valence-electron chi connectivity index (χ4n) is 2.12. The molecule has 70 valence electrons. The fraction of sp³-hybridized carbons (Fsp3) is 0.455. The Bertz CT molecular complexity index is 322. The third-order valence-corrected chi connectivity index (χ3v) is 3.68. The first kappa shape index (κ1) is 9.20. The van der Waals surface area contributed by atoms with E-state index in [1.165, 1.54) is 0 Å². The Morgan fingerprint density at radius 1 is 1.54 bits per heavy atom. The molecular formula is C11H12BrF. The van der Waals surface area contributed by atoms with Gasteiger partial charge in [0.15, 0.2) is 0 Å². The van der Waals surface area contributed by atoms with Crippen LogP contribution in [0, 0.1) is 5.82 Å². The van der Waals surface area contributed by atoms with Gasteiger partial charge >= 0.3 is 0 Å². The van der Waals surface area contributed by atoms with Gasteiger partial charge in [-0.1, -0.05) is 35.0 Å². The quantitative estimate of drug-likeness (QED) is 0.649. The molecule has 13 heavy (non-hydrogen) atoms. The largest absolute Gasteiger partial charge is 0.207 e. The molecule has 1 aromatic rings. The molecule has 0 N–H and O–H groups in total. The molecular weight excluding hydrogens is 231 g/mol. The van der Waals surface area contributed by atoms with E-state index in [9.17, 15) is 4.39 Å². The van der Waals surface area contributed by atoms with Crippen LogP contribution in [0.2, 0.25) is 0 Å². The van der Waals surface area contributed by atoms with Crippen LogP contribution in [-0.2, 0) is 0 Å². The maximum atomic E-state index is 13.5. The summed E-state index contributed by atoms with van der Waals surface area (Å²) in [5.74, 6) is 0.367. The van der Waals surface area contributed by atoms with Crippen LogP contribution in [0.3, 0.4) is 0 Å². The van der Waals surface area contributed by atoms with Crippen LogP contribution in [0.4, 0.5) is 4.39 Å². The molecule has 1 aliphatic carbocycles. The summed E-state index contributed by atoms with van der Waals surface area (Å²) in [5, 5.41) is 0. The van der Waals surface area contributed by atoms with Crippen molar-refractivity contribution in [2.24, 2.45) is 0 Å². The first-order valence-electron chi connectivity index (χ1n) is 4.66. The summed E-state index contributed by atoms with van der Waals surface area (Å²) >= 11 is 3.59. The molecule has 0 spiro atoms. The smallest absolute Gasteiger partial charge is 0.126 e. The lowest BCUT2D eigenvalue weighted by atomic mass is 9.98. The predicted molar refractivity (Wildman–Crippen MR) is 55.7 cm³/mol. The van der Waals surface area contributed by atoms with Gasteiger partial charge in [0.05, 0.1) is 0 Å². The second-order valence-corrected chi connectivity index (χ2v) is 4.66. The van der Waals surface area contributed by atoms with E-state index in [4.69, 9.17) is 0 Å². The highest BCUT2D eigenvalue weighted by Crippen LogP contribution is 2.47. The number of rotatable bonds is 1. The molecule has 0 amide bonds. The molecule has 2 atom stereocenters. The van der Waals surface area contributed by atoms with Gasteiger partial charge in [-0.2, -0.15) is 0 Å². The van der Waals surface area contributed by atoms with E-state index in [0.29, 0.717) is 10.7 Å². The second kappa shape index (κ2) is 3.41. The van der Waals surface area contributed by atoms with E-state index in [0.717, 1.165) is 24.0 Å². The monoisotopic (exact) mass is 242 g/mol. The van der Waals surface area contributed by atoms with Gasteiger partial charge in [0.1, 0.15) is 5.82 Å². The molecule has 2 rings (SSSR count). The number of alkyl halides is 1. The molecule has 0 nitrogen and oxygen atoms in total. The molecule has 0 heterocycles. The van der Waals surface area contributed by atoms with Crippen molar-refractivity contribution in [1.82, 2.24) is 0 Å². The molecule has 0 radical (unpaired) electrons. The van der Waals surface area contributed by atoms with Crippen LogP contribution in [0.5, 0.6) is 0 Å². The lowest BCUT2D eigenvalue weighted by Gasteiger charge is -2.08.